The molecule has 0 saturated carbocycles. The van der Waals surface area contributed by atoms with Crippen LogP contribution in [0.1, 0.15) is 31.4 Å². The van der Waals surface area contributed by atoms with E-state index in [0.29, 0.717) is 6.04 Å². The Bertz CT molecular complexity index is 364. The van der Waals surface area contributed by atoms with Crippen molar-refractivity contribution in [3.05, 3.63) is 23.9 Å². The van der Waals surface area contributed by atoms with Gasteiger partial charge in [0.2, 0.25) is 0 Å². The van der Waals surface area contributed by atoms with E-state index in [1.165, 1.54) is 12.8 Å². The van der Waals surface area contributed by atoms with Gasteiger partial charge in [-0.15, -0.1) is 0 Å². The third-order valence-corrected chi connectivity index (χ3v) is 3.82. The molecule has 0 radical (unpaired) electrons. The van der Waals surface area contributed by atoms with Crippen LogP contribution in [-0.2, 0) is 0 Å². The largest absolute Gasteiger partial charge is 0.357 e. The van der Waals surface area contributed by atoms with Crippen LogP contribution < -0.4 is 10.6 Å². The average molecular weight is 248 g/mol. The quantitative estimate of drug-likeness (QED) is 0.883. The monoisotopic (exact) mass is 248 g/mol. The standard InChI is InChI=1S/C14H24N4/c1-11(15)12-4-5-14(16-10-12)18-8-6-13(7-9-18)17(2)3/h4-5,10-11,13H,6-9,15H2,1-3H3/t11-/m1/s1. The second kappa shape index (κ2) is 5.67. The third kappa shape index (κ3) is 3.00. The van der Waals surface area contributed by atoms with E-state index in [1.54, 1.807) is 0 Å². The summed E-state index contributed by atoms with van der Waals surface area (Å²) in [4.78, 5) is 9.22. The van der Waals surface area contributed by atoms with Gasteiger partial charge in [0.15, 0.2) is 0 Å². The predicted octanol–water partition coefficient (Wildman–Crippen LogP) is 1.63. The summed E-state index contributed by atoms with van der Waals surface area (Å²) < 4.78 is 0. The fourth-order valence-electron chi connectivity index (χ4n) is 2.47. The summed E-state index contributed by atoms with van der Waals surface area (Å²) in [5.74, 6) is 1.08. The number of hydrogen-bond donors (Lipinski definition) is 1. The number of nitrogens with two attached hydrogens (primary N) is 1. The van der Waals surface area contributed by atoms with Crippen molar-refractivity contribution in [2.75, 3.05) is 32.1 Å². The summed E-state index contributed by atoms with van der Waals surface area (Å²) >= 11 is 0. The summed E-state index contributed by atoms with van der Waals surface area (Å²) in [5, 5.41) is 0. The minimum absolute atomic E-state index is 0.0611. The number of aromatic nitrogens is 1. The summed E-state index contributed by atoms with van der Waals surface area (Å²) in [5.41, 5.74) is 6.93. The topological polar surface area (TPSA) is 45.4 Å². The Kier molecular flexibility index (Phi) is 4.19. The molecule has 0 amide bonds. The van der Waals surface area contributed by atoms with Crippen LogP contribution in [0.2, 0.25) is 0 Å². The van der Waals surface area contributed by atoms with E-state index in [9.17, 15) is 0 Å². The molecule has 1 saturated heterocycles. The summed E-state index contributed by atoms with van der Waals surface area (Å²) in [6.45, 7) is 4.17. The van der Waals surface area contributed by atoms with Crippen LogP contribution in [0.15, 0.2) is 18.3 Å². The molecule has 4 nitrogen and oxygen atoms in total. The lowest BCUT2D eigenvalue weighted by atomic mass is 10.0. The van der Waals surface area contributed by atoms with Gasteiger partial charge in [-0.25, -0.2) is 4.98 Å². The molecule has 2 N–H and O–H groups in total. The molecule has 0 unspecified atom stereocenters. The Balaban J connectivity index is 1.97. The van der Waals surface area contributed by atoms with Gasteiger partial charge >= 0.3 is 0 Å². The van der Waals surface area contributed by atoms with Gasteiger partial charge in [-0.2, -0.15) is 0 Å². The first-order valence-electron chi connectivity index (χ1n) is 6.71. The number of hydrogen-bond acceptors (Lipinski definition) is 4. The maximum atomic E-state index is 5.83. The van der Waals surface area contributed by atoms with Gasteiger partial charge in [-0.1, -0.05) is 6.07 Å². The zero-order valence-corrected chi connectivity index (χ0v) is 11.6. The van der Waals surface area contributed by atoms with Crippen LogP contribution in [0.5, 0.6) is 0 Å². The molecule has 1 aliphatic heterocycles. The van der Waals surface area contributed by atoms with Gasteiger partial charge in [0.1, 0.15) is 5.82 Å². The van der Waals surface area contributed by atoms with Crippen LogP contribution in [0.4, 0.5) is 5.82 Å². The van der Waals surface area contributed by atoms with Crippen molar-refractivity contribution < 1.29 is 0 Å². The van der Waals surface area contributed by atoms with Crippen LogP contribution in [0.25, 0.3) is 0 Å². The molecule has 1 atom stereocenters. The highest BCUT2D eigenvalue weighted by atomic mass is 15.2. The highest BCUT2D eigenvalue weighted by Crippen LogP contribution is 2.20. The normalized spacial score (nSPS) is 19.3. The van der Waals surface area contributed by atoms with Crippen LogP contribution in [-0.4, -0.2) is 43.1 Å². The SMILES string of the molecule is C[C@@H](N)c1ccc(N2CCC(N(C)C)CC2)nc1. The lowest BCUT2D eigenvalue weighted by Crippen LogP contribution is -2.42. The first-order chi connectivity index (χ1) is 8.58. The maximum absolute atomic E-state index is 5.83. The minimum atomic E-state index is 0.0611. The molecule has 0 aliphatic carbocycles. The second-order valence-electron chi connectivity index (χ2n) is 5.42. The zero-order valence-electron chi connectivity index (χ0n) is 11.6. The van der Waals surface area contributed by atoms with Gasteiger partial charge in [-0.3, -0.25) is 0 Å². The summed E-state index contributed by atoms with van der Waals surface area (Å²) in [6.07, 6.45) is 4.32. The Morgan fingerprint density at radius 3 is 2.44 bits per heavy atom. The van der Waals surface area contributed by atoms with Gasteiger partial charge in [-0.05, 0) is 45.5 Å². The molecular weight excluding hydrogens is 224 g/mol. The Morgan fingerprint density at radius 2 is 2.00 bits per heavy atom. The maximum Gasteiger partial charge on any atom is 0.128 e. The van der Waals surface area contributed by atoms with Crippen LogP contribution >= 0.6 is 0 Å². The third-order valence-electron chi connectivity index (χ3n) is 3.82. The molecular formula is C14H24N4. The lowest BCUT2D eigenvalue weighted by Gasteiger charge is -2.35. The molecule has 0 spiro atoms. The summed E-state index contributed by atoms with van der Waals surface area (Å²) in [6, 6.07) is 4.95. The van der Waals surface area contributed by atoms with E-state index in [2.05, 4.69) is 41.0 Å². The van der Waals surface area contributed by atoms with Crippen molar-refractivity contribution in [2.24, 2.45) is 5.73 Å². The van der Waals surface area contributed by atoms with E-state index in [0.717, 1.165) is 24.5 Å². The molecule has 2 heterocycles. The summed E-state index contributed by atoms with van der Waals surface area (Å²) in [7, 11) is 4.33. The molecule has 1 aliphatic rings. The number of nitrogens with zero attached hydrogens (tertiary/aromatic N) is 3. The smallest absolute Gasteiger partial charge is 0.128 e. The zero-order chi connectivity index (χ0) is 13.1. The minimum Gasteiger partial charge on any atom is -0.357 e. The first-order valence-corrected chi connectivity index (χ1v) is 6.71. The molecule has 2 rings (SSSR count). The Hall–Kier alpha value is -1.13. The van der Waals surface area contributed by atoms with E-state index in [1.807, 2.05) is 13.1 Å². The van der Waals surface area contributed by atoms with Crippen molar-refractivity contribution in [1.29, 1.82) is 0 Å². The molecule has 18 heavy (non-hydrogen) atoms. The molecule has 4 heteroatoms. The predicted molar refractivity (Wildman–Crippen MR) is 75.8 cm³/mol. The lowest BCUT2D eigenvalue weighted by molar-refractivity contribution is 0.249. The van der Waals surface area contributed by atoms with Gasteiger partial charge in [0, 0.05) is 31.4 Å². The number of pyridine rings is 1. The second-order valence-corrected chi connectivity index (χ2v) is 5.42. The molecule has 100 valence electrons. The van der Waals surface area contributed by atoms with E-state index >= 15 is 0 Å². The van der Waals surface area contributed by atoms with Crippen molar-refractivity contribution in [3.63, 3.8) is 0 Å². The van der Waals surface area contributed by atoms with Crippen molar-refractivity contribution in [2.45, 2.75) is 31.8 Å². The number of rotatable bonds is 3. The van der Waals surface area contributed by atoms with Crippen molar-refractivity contribution in [3.8, 4) is 0 Å². The Labute approximate surface area is 110 Å². The number of piperidine rings is 1. The van der Waals surface area contributed by atoms with E-state index in [-0.39, 0.29) is 6.04 Å². The Morgan fingerprint density at radius 1 is 1.33 bits per heavy atom. The van der Waals surface area contributed by atoms with Gasteiger partial charge in [0.25, 0.3) is 0 Å². The average Bonchev–Trinajstić information content (AvgIpc) is 2.39. The molecule has 0 bridgehead atoms. The highest BCUT2D eigenvalue weighted by Gasteiger charge is 2.21. The van der Waals surface area contributed by atoms with Crippen LogP contribution in [0, 0.1) is 0 Å². The molecule has 0 aromatic carbocycles. The van der Waals surface area contributed by atoms with Gasteiger partial charge < -0.3 is 15.5 Å². The number of anilines is 1. The highest BCUT2D eigenvalue weighted by molar-refractivity contribution is 5.40. The molecule has 1 aromatic rings. The molecule has 1 fully saturated rings. The van der Waals surface area contributed by atoms with Crippen LogP contribution in [0.3, 0.4) is 0 Å². The van der Waals surface area contributed by atoms with Crippen molar-refractivity contribution >= 4 is 5.82 Å². The molecule has 1 aromatic heterocycles. The first kappa shape index (κ1) is 13.3. The van der Waals surface area contributed by atoms with E-state index < -0.39 is 0 Å². The van der Waals surface area contributed by atoms with Crippen molar-refractivity contribution in [1.82, 2.24) is 9.88 Å². The fraction of sp³-hybridized carbons (Fsp3) is 0.643. The van der Waals surface area contributed by atoms with Gasteiger partial charge in [0.05, 0.1) is 0 Å². The fourth-order valence-corrected chi connectivity index (χ4v) is 2.47. The van der Waals surface area contributed by atoms with E-state index in [4.69, 9.17) is 5.73 Å².